The molecule has 1 unspecified atom stereocenters. The van der Waals surface area contributed by atoms with Gasteiger partial charge in [-0.2, -0.15) is 0 Å². The van der Waals surface area contributed by atoms with Crippen LogP contribution < -0.4 is 0 Å². The molecule has 0 amide bonds. The monoisotopic (exact) mass is 326 g/mol. The molecule has 2 atom stereocenters. The molecule has 1 N–H and O–H groups in total. The van der Waals surface area contributed by atoms with Crippen LogP contribution in [-0.2, 0) is 9.47 Å². The summed E-state index contributed by atoms with van der Waals surface area (Å²) >= 11 is 0. The topological polar surface area (TPSA) is 55.8 Å². The molecular weight excluding hydrogens is 304 g/mol. The largest absolute Gasteiger partial charge is 0.459 e. The third-order valence-electron chi connectivity index (χ3n) is 4.27. The van der Waals surface area contributed by atoms with Gasteiger partial charge in [-0.15, -0.1) is 0 Å². The van der Waals surface area contributed by atoms with E-state index in [2.05, 4.69) is 0 Å². The molecule has 0 aromatic heterocycles. The SMILES string of the molecule is O=C(OC[C@@H]1CCC(CCO)O1)c1ccc(-c2ccccc2)cc1. The van der Waals surface area contributed by atoms with Gasteiger partial charge < -0.3 is 14.6 Å². The van der Waals surface area contributed by atoms with Crippen LogP contribution in [0, 0.1) is 0 Å². The minimum Gasteiger partial charge on any atom is -0.459 e. The number of carbonyl (C=O) groups is 1. The molecule has 4 heteroatoms. The second kappa shape index (κ2) is 8.08. The number of aliphatic hydroxyl groups is 1. The smallest absolute Gasteiger partial charge is 0.338 e. The van der Waals surface area contributed by atoms with Gasteiger partial charge in [-0.25, -0.2) is 4.79 Å². The zero-order valence-corrected chi connectivity index (χ0v) is 13.6. The van der Waals surface area contributed by atoms with Crippen LogP contribution in [0.2, 0.25) is 0 Å². The maximum atomic E-state index is 12.1. The highest BCUT2D eigenvalue weighted by atomic mass is 16.6. The van der Waals surface area contributed by atoms with E-state index >= 15 is 0 Å². The fourth-order valence-corrected chi connectivity index (χ4v) is 2.94. The summed E-state index contributed by atoms with van der Waals surface area (Å²) in [5.74, 6) is -0.330. The van der Waals surface area contributed by atoms with Crippen LogP contribution in [0.3, 0.4) is 0 Å². The molecule has 3 rings (SSSR count). The third-order valence-corrected chi connectivity index (χ3v) is 4.27. The summed E-state index contributed by atoms with van der Waals surface area (Å²) < 4.78 is 11.1. The molecule has 24 heavy (non-hydrogen) atoms. The van der Waals surface area contributed by atoms with Crippen molar-refractivity contribution in [1.82, 2.24) is 0 Å². The summed E-state index contributed by atoms with van der Waals surface area (Å²) in [7, 11) is 0. The molecule has 1 aliphatic heterocycles. The van der Waals surface area contributed by atoms with Crippen LogP contribution in [0.25, 0.3) is 11.1 Å². The predicted molar refractivity (Wildman–Crippen MR) is 91.8 cm³/mol. The number of benzene rings is 2. The third kappa shape index (κ3) is 4.22. The number of aliphatic hydroxyl groups excluding tert-OH is 1. The summed E-state index contributed by atoms with van der Waals surface area (Å²) in [6.07, 6.45) is 2.45. The van der Waals surface area contributed by atoms with Gasteiger partial charge in [0.25, 0.3) is 0 Å². The van der Waals surface area contributed by atoms with Gasteiger partial charge in [0.1, 0.15) is 6.61 Å². The summed E-state index contributed by atoms with van der Waals surface area (Å²) in [5.41, 5.74) is 2.73. The molecule has 2 aromatic rings. The molecule has 4 nitrogen and oxygen atoms in total. The van der Waals surface area contributed by atoms with Crippen LogP contribution in [0.4, 0.5) is 0 Å². The molecule has 0 aliphatic carbocycles. The van der Waals surface area contributed by atoms with Crippen molar-refractivity contribution in [2.75, 3.05) is 13.2 Å². The summed E-state index contributed by atoms with van der Waals surface area (Å²) in [6.45, 7) is 0.395. The Bertz CT molecular complexity index is 651. The van der Waals surface area contributed by atoms with Crippen LogP contribution in [0.1, 0.15) is 29.6 Å². The van der Waals surface area contributed by atoms with E-state index in [1.165, 1.54) is 0 Å². The standard InChI is InChI=1S/C20H22O4/c21-13-12-18-10-11-19(24-18)14-23-20(22)17-8-6-16(7-9-17)15-4-2-1-3-5-15/h1-9,18-19,21H,10-14H2/t18?,19-/m0/s1. The van der Waals surface area contributed by atoms with E-state index in [9.17, 15) is 4.79 Å². The minimum atomic E-state index is -0.330. The van der Waals surface area contributed by atoms with Crippen LogP contribution in [-0.4, -0.2) is 36.5 Å². The lowest BCUT2D eigenvalue weighted by molar-refractivity contribution is -0.0134. The van der Waals surface area contributed by atoms with Crippen molar-refractivity contribution in [2.24, 2.45) is 0 Å². The average molecular weight is 326 g/mol. The van der Waals surface area contributed by atoms with Gasteiger partial charge in [0.05, 0.1) is 17.8 Å². The van der Waals surface area contributed by atoms with Crippen LogP contribution >= 0.6 is 0 Å². The molecule has 0 saturated carbocycles. The Morgan fingerprint density at radius 1 is 1.00 bits per heavy atom. The van der Waals surface area contributed by atoms with E-state index in [-0.39, 0.29) is 31.4 Å². The highest BCUT2D eigenvalue weighted by Gasteiger charge is 2.25. The van der Waals surface area contributed by atoms with Gasteiger partial charge in [-0.3, -0.25) is 0 Å². The molecule has 0 radical (unpaired) electrons. The Morgan fingerprint density at radius 2 is 1.67 bits per heavy atom. The molecule has 1 fully saturated rings. The first-order valence-corrected chi connectivity index (χ1v) is 8.35. The first kappa shape index (κ1) is 16.7. The lowest BCUT2D eigenvalue weighted by Crippen LogP contribution is -2.20. The van der Waals surface area contributed by atoms with Gasteiger partial charge in [0, 0.05) is 6.61 Å². The maximum Gasteiger partial charge on any atom is 0.338 e. The molecule has 1 saturated heterocycles. The number of hydrogen-bond donors (Lipinski definition) is 1. The second-order valence-electron chi connectivity index (χ2n) is 6.01. The molecule has 1 aliphatic rings. The number of rotatable bonds is 6. The highest BCUT2D eigenvalue weighted by Crippen LogP contribution is 2.23. The first-order chi connectivity index (χ1) is 11.8. The highest BCUT2D eigenvalue weighted by molar-refractivity contribution is 5.90. The van der Waals surface area contributed by atoms with Crippen molar-refractivity contribution in [2.45, 2.75) is 31.5 Å². The second-order valence-corrected chi connectivity index (χ2v) is 6.01. The predicted octanol–water partition coefficient (Wildman–Crippen LogP) is 3.44. The quantitative estimate of drug-likeness (QED) is 0.826. The van der Waals surface area contributed by atoms with Gasteiger partial charge in [0.2, 0.25) is 0 Å². The summed E-state index contributed by atoms with van der Waals surface area (Å²) in [4.78, 5) is 12.1. The zero-order chi connectivity index (χ0) is 16.8. The van der Waals surface area contributed by atoms with E-state index in [0.29, 0.717) is 12.0 Å². The van der Waals surface area contributed by atoms with Crippen molar-refractivity contribution < 1.29 is 19.4 Å². The van der Waals surface area contributed by atoms with Crippen molar-refractivity contribution >= 4 is 5.97 Å². The Morgan fingerprint density at radius 3 is 2.38 bits per heavy atom. The van der Waals surface area contributed by atoms with Gasteiger partial charge in [-0.1, -0.05) is 42.5 Å². The molecule has 0 bridgehead atoms. The Labute approximate surface area is 142 Å². The van der Waals surface area contributed by atoms with Gasteiger partial charge >= 0.3 is 5.97 Å². The van der Waals surface area contributed by atoms with Crippen LogP contribution in [0.15, 0.2) is 54.6 Å². The molecule has 0 spiro atoms. The van der Waals surface area contributed by atoms with E-state index in [1.807, 2.05) is 42.5 Å². The zero-order valence-electron chi connectivity index (χ0n) is 13.6. The van der Waals surface area contributed by atoms with E-state index in [4.69, 9.17) is 14.6 Å². The molecule has 1 heterocycles. The minimum absolute atomic E-state index is 0.0610. The number of hydrogen-bond acceptors (Lipinski definition) is 4. The fraction of sp³-hybridized carbons (Fsp3) is 0.350. The molecular formula is C20H22O4. The van der Waals surface area contributed by atoms with E-state index in [0.717, 1.165) is 24.0 Å². The Balaban J connectivity index is 1.52. The van der Waals surface area contributed by atoms with Crippen LogP contribution in [0.5, 0.6) is 0 Å². The number of ether oxygens (including phenoxy) is 2. The number of carbonyl (C=O) groups excluding carboxylic acids is 1. The van der Waals surface area contributed by atoms with Crippen molar-refractivity contribution in [3.8, 4) is 11.1 Å². The first-order valence-electron chi connectivity index (χ1n) is 8.35. The lowest BCUT2D eigenvalue weighted by Gasteiger charge is -2.13. The molecule has 2 aromatic carbocycles. The maximum absolute atomic E-state index is 12.1. The summed E-state index contributed by atoms with van der Waals surface area (Å²) in [6, 6.07) is 17.5. The fourth-order valence-electron chi connectivity index (χ4n) is 2.94. The van der Waals surface area contributed by atoms with E-state index < -0.39 is 0 Å². The van der Waals surface area contributed by atoms with Crippen molar-refractivity contribution in [3.63, 3.8) is 0 Å². The van der Waals surface area contributed by atoms with Crippen molar-refractivity contribution in [3.05, 3.63) is 60.2 Å². The summed E-state index contributed by atoms with van der Waals surface area (Å²) in [5, 5.41) is 8.92. The van der Waals surface area contributed by atoms with Gasteiger partial charge in [0.15, 0.2) is 0 Å². The Hall–Kier alpha value is -2.17. The van der Waals surface area contributed by atoms with Crippen molar-refractivity contribution in [1.29, 1.82) is 0 Å². The average Bonchev–Trinajstić information content (AvgIpc) is 3.08. The normalized spacial score (nSPS) is 20.0. The lowest BCUT2D eigenvalue weighted by atomic mass is 10.0. The van der Waals surface area contributed by atoms with E-state index in [1.54, 1.807) is 12.1 Å². The molecule has 126 valence electrons. The number of esters is 1. The Kier molecular flexibility index (Phi) is 5.62. The van der Waals surface area contributed by atoms with Gasteiger partial charge in [-0.05, 0) is 42.5 Å².